The predicted molar refractivity (Wildman–Crippen MR) is 74.4 cm³/mol. The van der Waals surface area contributed by atoms with Gasteiger partial charge in [-0.05, 0) is 37.8 Å². The number of para-hydroxylation sites is 1. The van der Waals surface area contributed by atoms with Crippen molar-refractivity contribution in [1.29, 1.82) is 0 Å². The second-order valence-corrected chi connectivity index (χ2v) is 5.04. The Labute approximate surface area is 117 Å². The molecule has 1 saturated carbocycles. The SMILES string of the molecule is O=C(COC1CCC(C(=O)O)CC1)Nc1ccccc1. The molecule has 1 aliphatic rings. The number of carbonyl (C=O) groups excluding carboxylic acids is 1. The molecule has 0 saturated heterocycles. The summed E-state index contributed by atoms with van der Waals surface area (Å²) in [6.07, 6.45) is 2.65. The highest BCUT2D eigenvalue weighted by molar-refractivity contribution is 5.91. The van der Waals surface area contributed by atoms with Crippen LogP contribution in [-0.2, 0) is 14.3 Å². The summed E-state index contributed by atoms with van der Waals surface area (Å²) in [6.45, 7) is 0.0112. The summed E-state index contributed by atoms with van der Waals surface area (Å²) in [5.74, 6) is -1.17. The second kappa shape index (κ2) is 7.05. The number of carbonyl (C=O) groups is 2. The van der Waals surface area contributed by atoms with Gasteiger partial charge in [-0.1, -0.05) is 18.2 Å². The van der Waals surface area contributed by atoms with E-state index >= 15 is 0 Å². The lowest BCUT2D eigenvalue weighted by molar-refractivity contribution is -0.144. The maximum Gasteiger partial charge on any atom is 0.306 e. The average molecular weight is 277 g/mol. The first kappa shape index (κ1) is 14.5. The van der Waals surface area contributed by atoms with Gasteiger partial charge in [-0.25, -0.2) is 0 Å². The summed E-state index contributed by atoms with van der Waals surface area (Å²) in [5.41, 5.74) is 0.746. The molecule has 0 spiro atoms. The first-order valence-electron chi connectivity index (χ1n) is 6.84. The molecule has 2 N–H and O–H groups in total. The van der Waals surface area contributed by atoms with Crippen molar-refractivity contribution >= 4 is 17.6 Å². The molecule has 5 nitrogen and oxygen atoms in total. The lowest BCUT2D eigenvalue weighted by Crippen LogP contribution is -2.29. The molecule has 0 radical (unpaired) electrons. The molecule has 108 valence electrons. The smallest absolute Gasteiger partial charge is 0.306 e. The third-order valence-electron chi connectivity index (χ3n) is 3.53. The summed E-state index contributed by atoms with van der Waals surface area (Å²) >= 11 is 0. The molecule has 5 heteroatoms. The number of rotatable bonds is 5. The highest BCUT2D eigenvalue weighted by Crippen LogP contribution is 2.26. The number of carboxylic acid groups (broad SMARTS) is 1. The van der Waals surface area contributed by atoms with Crippen LogP contribution < -0.4 is 5.32 Å². The molecule has 1 fully saturated rings. The molecular formula is C15H19NO4. The van der Waals surface area contributed by atoms with Gasteiger partial charge in [0, 0.05) is 5.69 Å². The van der Waals surface area contributed by atoms with E-state index in [0.717, 1.165) is 5.69 Å². The average Bonchev–Trinajstić information content (AvgIpc) is 2.46. The van der Waals surface area contributed by atoms with Crippen molar-refractivity contribution in [2.75, 3.05) is 11.9 Å². The fourth-order valence-corrected chi connectivity index (χ4v) is 2.39. The van der Waals surface area contributed by atoms with Gasteiger partial charge < -0.3 is 15.2 Å². The first-order chi connectivity index (χ1) is 9.65. The topological polar surface area (TPSA) is 75.6 Å². The standard InChI is InChI=1S/C15H19NO4/c17-14(16-12-4-2-1-3-5-12)10-20-13-8-6-11(7-9-13)15(18)19/h1-5,11,13H,6-10H2,(H,16,17)(H,18,19). The number of carboxylic acids is 1. The van der Waals surface area contributed by atoms with E-state index in [-0.39, 0.29) is 24.5 Å². The fourth-order valence-electron chi connectivity index (χ4n) is 2.39. The van der Waals surface area contributed by atoms with Gasteiger partial charge in [-0.2, -0.15) is 0 Å². The van der Waals surface area contributed by atoms with Crippen molar-refractivity contribution < 1.29 is 19.4 Å². The number of aliphatic carboxylic acids is 1. The van der Waals surface area contributed by atoms with Crippen molar-refractivity contribution in [3.05, 3.63) is 30.3 Å². The van der Waals surface area contributed by atoms with Crippen LogP contribution in [0.3, 0.4) is 0 Å². The number of nitrogens with one attached hydrogen (secondary N) is 1. The van der Waals surface area contributed by atoms with Crippen LogP contribution in [0, 0.1) is 5.92 Å². The maximum absolute atomic E-state index is 11.7. The minimum absolute atomic E-state index is 0.00729. The van der Waals surface area contributed by atoms with E-state index in [0.29, 0.717) is 25.7 Å². The zero-order valence-corrected chi connectivity index (χ0v) is 11.2. The Bertz CT molecular complexity index is 452. The number of ether oxygens (including phenoxy) is 1. The number of amides is 1. The normalized spacial score (nSPS) is 22.2. The minimum Gasteiger partial charge on any atom is -0.481 e. The van der Waals surface area contributed by atoms with Crippen LogP contribution in [0.2, 0.25) is 0 Å². The third kappa shape index (κ3) is 4.35. The largest absolute Gasteiger partial charge is 0.481 e. The lowest BCUT2D eigenvalue weighted by atomic mass is 9.87. The van der Waals surface area contributed by atoms with Crippen LogP contribution in [0.25, 0.3) is 0 Å². The van der Waals surface area contributed by atoms with Gasteiger partial charge in [0.1, 0.15) is 6.61 Å². The van der Waals surface area contributed by atoms with Crippen LogP contribution in [-0.4, -0.2) is 29.7 Å². The molecule has 1 aromatic rings. The molecule has 0 aliphatic heterocycles. The molecule has 1 aromatic carbocycles. The van der Waals surface area contributed by atoms with Gasteiger partial charge in [-0.15, -0.1) is 0 Å². The predicted octanol–water partition coefficient (Wildman–Crippen LogP) is 2.29. The number of anilines is 1. The molecule has 0 atom stereocenters. The molecule has 2 rings (SSSR count). The first-order valence-corrected chi connectivity index (χ1v) is 6.84. The summed E-state index contributed by atoms with van der Waals surface area (Å²) in [4.78, 5) is 22.5. The Morgan fingerprint density at radius 1 is 1.15 bits per heavy atom. The van der Waals surface area contributed by atoms with E-state index < -0.39 is 5.97 Å². The number of hydrogen-bond acceptors (Lipinski definition) is 3. The molecule has 0 bridgehead atoms. The van der Waals surface area contributed by atoms with Gasteiger partial charge in [-0.3, -0.25) is 9.59 Å². The van der Waals surface area contributed by atoms with Crippen molar-refractivity contribution in [2.24, 2.45) is 5.92 Å². The van der Waals surface area contributed by atoms with Gasteiger partial charge in [0.2, 0.25) is 5.91 Å². The fraction of sp³-hybridized carbons (Fsp3) is 0.467. The minimum atomic E-state index is -0.731. The van der Waals surface area contributed by atoms with E-state index in [1.807, 2.05) is 30.3 Å². The molecule has 20 heavy (non-hydrogen) atoms. The maximum atomic E-state index is 11.7. The number of hydrogen-bond donors (Lipinski definition) is 2. The van der Waals surface area contributed by atoms with Crippen molar-refractivity contribution in [3.8, 4) is 0 Å². The van der Waals surface area contributed by atoms with Gasteiger partial charge >= 0.3 is 5.97 Å². The van der Waals surface area contributed by atoms with E-state index in [1.165, 1.54) is 0 Å². The van der Waals surface area contributed by atoms with E-state index in [2.05, 4.69) is 5.32 Å². The summed E-state index contributed by atoms with van der Waals surface area (Å²) in [5, 5.41) is 11.7. The van der Waals surface area contributed by atoms with Gasteiger partial charge in [0.15, 0.2) is 0 Å². The highest BCUT2D eigenvalue weighted by atomic mass is 16.5. The van der Waals surface area contributed by atoms with E-state index in [4.69, 9.17) is 9.84 Å². The van der Waals surface area contributed by atoms with Crippen molar-refractivity contribution in [2.45, 2.75) is 31.8 Å². The quantitative estimate of drug-likeness (QED) is 0.865. The van der Waals surface area contributed by atoms with Crippen molar-refractivity contribution in [3.63, 3.8) is 0 Å². The summed E-state index contributed by atoms with van der Waals surface area (Å²) in [6, 6.07) is 9.21. The van der Waals surface area contributed by atoms with Crippen LogP contribution in [0.1, 0.15) is 25.7 Å². The van der Waals surface area contributed by atoms with Crippen LogP contribution in [0.15, 0.2) is 30.3 Å². The van der Waals surface area contributed by atoms with Gasteiger partial charge in [0.05, 0.1) is 12.0 Å². The lowest BCUT2D eigenvalue weighted by Gasteiger charge is -2.25. The Kier molecular flexibility index (Phi) is 5.12. The van der Waals surface area contributed by atoms with Gasteiger partial charge in [0.25, 0.3) is 0 Å². The number of benzene rings is 1. The molecule has 1 aliphatic carbocycles. The van der Waals surface area contributed by atoms with E-state index in [9.17, 15) is 9.59 Å². The van der Waals surface area contributed by atoms with Crippen LogP contribution in [0.4, 0.5) is 5.69 Å². The van der Waals surface area contributed by atoms with Crippen LogP contribution in [0.5, 0.6) is 0 Å². The molecule has 1 amide bonds. The second-order valence-electron chi connectivity index (χ2n) is 5.04. The molecule has 0 aromatic heterocycles. The molecule has 0 heterocycles. The zero-order valence-electron chi connectivity index (χ0n) is 11.2. The Balaban J connectivity index is 1.68. The zero-order chi connectivity index (χ0) is 14.4. The summed E-state index contributed by atoms with van der Waals surface area (Å²) < 4.78 is 5.54. The van der Waals surface area contributed by atoms with Crippen LogP contribution >= 0.6 is 0 Å². The Morgan fingerprint density at radius 2 is 1.80 bits per heavy atom. The Morgan fingerprint density at radius 3 is 2.40 bits per heavy atom. The summed E-state index contributed by atoms with van der Waals surface area (Å²) in [7, 11) is 0. The highest BCUT2D eigenvalue weighted by Gasteiger charge is 2.26. The van der Waals surface area contributed by atoms with E-state index in [1.54, 1.807) is 0 Å². The third-order valence-corrected chi connectivity index (χ3v) is 3.53. The molecule has 0 unspecified atom stereocenters. The Hall–Kier alpha value is -1.88. The molecular weight excluding hydrogens is 258 g/mol. The van der Waals surface area contributed by atoms with Crippen molar-refractivity contribution in [1.82, 2.24) is 0 Å². The monoisotopic (exact) mass is 277 g/mol.